The zero-order valence-corrected chi connectivity index (χ0v) is 13.2. The Labute approximate surface area is 126 Å². The van der Waals surface area contributed by atoms with Crippen LogP contribution in [0.25, 0.3) is 0 Å². The second kappa shape index (κ2) is 7.20. The van der Waals surface area contributed by atoms with E-state index in [1.807, 2.05) is 23.7 Å². The van der Waals surface area contributed by atoms with E-state index in [1.165, 1.54) is 5.56 Å². The largest absolute Gasteiger partial charge is 0.497 e. The molecule has 0 spiro atoms. The molecule has 0 atom stereocenters. The minimum atomic E-state index is 0. The van der Waals surface area contributed by atoms with Crippen LogP contribution in [-0.4, -0.2) is 16.9 Å². The summed E-state index contributed by atoms with van der Waals surface area (Å²) in [5.41, 5.74) is 3.34. The first kappa shape index (κ1) is 16.4. The van der Waals surface area contributed by atoms with Crippen LogP contribution in [0.15, 0.2) is 30.5 Å². The van der Waals surface area contributed by atoms with Gasteiger partial charge >= 0.3 is 0 Å². The number of methoxy groups -OCH3 is 1. The Morgan fingerprint density at radius 2 is 1.90 bits per heavy atom. The van der Waals surface area contributed by atoms with Crippen molar-refractivity contribution in [2.45, 2.75) is 33.4 Å². The number of anilines is 1. The van der Waals surface area contributed by atoms with Gasteiger partial charge in [-0.15, -0.1) is 12.4 Å². The van der Waals surface area contributed by atoms with Gasteiger partial charge in [-0.05, 0) is 38.5 Å². The summed E-state index contributed by atoms with van der Waals surface area (Å²) >= 11 is 0. The molecule has 110 valence electrons. The summed E-state index contributed by atoms with van der Waals surface area (Å²) in [6, 6.07) is 8.46. The lowest BCUT2D eigenvalue weighted by molar-refractivity contribution is 0.414. The number of hydrogen-bond acceptors (Lipinski definition) is 3. The summed E-state index contributed by atoms with van der Waals surface area (Å²) in [5.74, 6) is 0.882. The highest BCUT2D eigenvalue weighted by Crippen LogP contribution is 2.17. The quantitative estimate of drug-likeness (QED) is 0.911. The lowest BCUT2D eigenvalue weighted by Gasteiger charge is -2.06. The maximum Gasteiger partial charge on any atom is 0.118 e. The summed E-state index contributed by atoms with van der Waals surface area (Å²) in [4.78, 5) is 0. The van der Waals surface area contributed by atoms with Gasteiger partial charge in [0.1, 0.15) is 5.75 Å². The number of benzene rings is 1. The highest BCUT2D eigenvalue weighted by atomic mass is 35.5. The first-order chi connectivity index (χ1) is 9.10. The zero-order valence-electron chi connectivity index (χ0n) is 12.4. The van der Waals surface area contributed by atoms with E-state index in [0.717, 1.165) is 23.7 Å². The molecule has 1 N–H and O–H groups in total. The molecule has 2 rings (SSSR count). The highest BCUT2D eigenvalue weighted by molar-refractivity contribution is 5.85. The van der Waals surface area contributed by atoms with Crippen LogP contribution in [0.1, 0.15) is 31.1 Å². The second-order valence-corrected chi connectivity index (χ2v) is 4.90. The maximum atomic E-state index is 5.15. The summed E-state index contributed by atoms with van der Waals surface area (Å²) in [6.45, 7) is 7.06. The zero-order chi connectivity index (χ0) is 13.8. The van der Waals surface area contributed by atoms with Gasteiger partial charge in [-0.3, -0.25) is 4.68 Å². The molecule has 2 aromatic rings. The van der Waals surface area contributed by atoms with Crippen LogP contribution in [-0.2, 0) is 6.54 Å². The minimum absolute atomic E-state index is 0. The van der Waals surface area contributed by atoms with Crippen molar-refractivity contribution in [3.05, 3.63) is 41.7 Å². The third-order valence-electron chi connectivity index (χ3n) is 3.09. The second-order valence-electron chi connectivity index (χ2n) is 4.90. The number of aromatic nitrogens is 2. The first-order valence-corrected chi connectivity index (χ1v) is 6.52. The van der Waals surface area contributed by atoms with E-state index < -0.39 is 0 Å². The molecular formula is C15H22ClN3O. The number of aryl methyl sites for hydroxylation is 1. The van der Waals surface area contributed by atoms with Gasteiger partial charge in [-0.2, -0.15) is 5.10 Å². The Morgan fingerprint density at radius 3 is 2.40 bits per heavy atom. The molecule has 5 heteroatoms. The number of nitrogens with one attached hydrogen (secondary N) is 1. The van der Waals surface area contributed by atoms with Gasteiger partial charge in [-0.25, -0.2) is 0 Å². The lowest BCUT2D eigenvalue weighted by Crippen LogP contribution is -2.01. The fourth-order valence-electron chi connectivity index (χ4n) is 1.86. The molecule has 0 aliphatic carbocycles. The summed E-state index contributed by atoms with van der Waals surface area (Å²) in [6.07, 6.45) is 2.06. The molecule has 1 heterocycles. The monoisotopic (exact) mass is 295 g/mol. The van der Waals surface area contributed by atoms with Crippen molar-refractivity contribution in [1.82, 2.24) is 9.78 Å². The summed E-state index contributed by atoms with van der Waals surface area (Å²) < 4.78 is 7.12. The summed E-state index contributed by atoms with van der Waals surface area (Å²) in [5, 5.41) is 7.90. The molecule has 4 nitrogen and oxygen atoms in total. The Morgan fingerprint density at radius 1 is 1.25 bits per heavy atom. The van der Waals surface area contributed by atoms with Crippen LogP contribution in [0.4, 0.5) is 5.69 Å². The van der Waals surface area contributed by atoms with Gasteiger partial charge in [0.25, 0.3) is 0 Å². The molecule has 0 unspecified atom stereocenters. The van der Waals surface area contributed by atoms with Gasteiger partial charge in [-0.1, -0.05) is 12.1 Å². The predicted octanol–water partition coefficient (Wildman–Crippen LogP) is 3.81. The topological polar surface area (TPSA) is 39.1 Å². The van der Waals surface area contributed by atoms with E-state index in [2.05, 4.69) is 42.6 Å². The molecule has 0 amide bonds. The van der Waals surface area contributed by atoms with Gasteiger partial charge in [0.2, 0.25) is 0 Å². The van der Waals surface area contributed by atoms with E-state index >= 15 is 0 Å². The number of rotatable bonds is 5. The number of ether oxygens (including phenoxy) is 1. The van der Waals surface area contributed by atoms with E-state index in [1.54, 1.807) is 7.11 Å². The van der Waals surface area contributed by atoms with E-state index in [9.17, 15) is 0 Å². The van der Waals surface area contributed by atoms with Crippen LogP contribution in [0, 0.1) is 6.92 Å². The average Bonchev–Trinajstić information content (AvgIpc) is 2.79. The van der Waals surface area contributed by atoms with Crippen LogP contribution >= 0.6 is 12.4 Å². The number of nitrogens with zero attached hydrogens (tertiary/aromatic N) is 2. The maximum absolute atomic E-state index is 5.15. The van der Waals surface area contributed by atoms with E-state index in [0.29, 0.717) is 6.04 Å². The van der Waals surface area contributed by atoms with Crippen molar-refractivity contribution in [1.29, 1.82) is 0 Å². The third-order valence-corrected chi connectivity index (χ3v) is 3.09. The van der Waals surface area contributed by atoms with Crippen molar-refractivity contribution < 1.29 is 4.74 Å². The van der Waals surface area contributed by atoms with Gasteiger partial charge < -0.3 is 10.1 Å². The highest BCUT2D eigenvalue weighted by Gasteiger charge is 2.06. The third kappa shape index (κ3) is 3.90. The SMILES string of the molecule is COc1ccc(CNc2cn(C(C)C)nc2C)cc1.Cl. The molecule has 0 saturated heterocycles. The molecular weight excluding hydrogens is 274 g/mol. The van der Waals surface area contributed by atoms with Crippen LogP contribution in [0.5, 0.6) is 5.75 Å². The van der Waals surface area contributed by atoms with Crippen molar-refractivity contribution in [3.8, 4) is 5.75 Å². The smallest absolute Gasteiger partial charge is 0.118 e. The fraction of sp³-hybridized carbons (Fsp3) is 0.400. The minimum Gasteiger partial charge on any atom is -0.497 e. The van der Waals surface area contributed by atoms with Gasteiger partial charge in [0, 0.05) is 18.8 Å². The molecule has 0 bridgehead atoms. The van der Waals surface area contributed by atoms with Crippen molar-refractivity contribution in [2.24, 2.45) is 0 Å². The Balaban J connectivity index is 0.00000200. The van der Waals surface area contributed by atoms with Gasteiger partial charge in [0.15, 0.2) is 0 Å². The molecule has 20 heavy (non-hydrogen) atoms. The van der Waals surface area contributed by atoms with Gasteiger partial charge in [0.05, 0.1) is 18.5 Å². The molecule has 0 aliphatic heterocycles. The lowest BCUT2D eigenvalue weighted by atomic mass is 10.2. The first-order valence-electron chi connectivity index (χ1n) is 6.52. The van der Waals surface area contributed by atoms with Crippen LogP contribution in [0.2, 0.25) is 0 Å². The van der Waals surface area contributed by atoms with Crippen LogP contribution in [0.3, 0.4) is 0 Å². The van der Waals surface area contributed by atoms with E-state index in [-0.39, 0.29) is 12.4 Å². The van der Waals surface area contributed by atoms with Crippen molar-refractivity contribution >= 4 is 18.1 Å². The molecule has 0 fully saturated rings. The Hall–Kier alpha value is -1.68. The fourth-order valence-corrected chi connectivity index (χ4v) is 1.86. The molecule has 1 aromatic heterocycles. The predicted molar refractivity (Wildman–Crippen MR) is 84.9 cm³/mol. The Kier molecular flexibility index (Phi) is 5.89. The average molecular weight is 296 g/mol. The molecule has 1 aromatic carbocycles. The summed E-state index contributed by atoms with van der Waals surface area (Å²) in [7, 11) is 1.68. The molecule has 0 saturated carbocycles. The number of hydrogen-bond donors (Lipinski definition) is 1. The van der Waals surface area contributed by atoms with E-state index in [4.69, 9.17) is 4.74 Å². The van der Waals surface area contributed by atoms with Crippen molar-refractivity contribution in [2.75, 3.05) is 12.4 Å². The Bertz CT molecular complexity index is 535. The normalized spacial score (nSPS) is 10.2. The van der Waals surface area contributed by atoms with Crippen LogP contribution < -0.4 is 10.1 Å². The van der Waals surface area contributed by atoms with Crippen molar-refractivity contribution in [3.63, 3.8) is 0 Å². The standard InChI is InChI=1S/C15H21N3O.ClH/c1-11(2)18-10-15(12(3)17-18)16-9-13-5-7-14(19-4)8-6-13;/h5-8,10-11,16H,9H2,1-4H3;1H. The molecule has 0 radical (unpaired) electrons. The number of halogens is 1. The molecule has 0 aliphatic rings.